The predicted molar refractivity (Wildman–Crippen MR) is 118 cm³/mol. The number of halogens is 1. The summed E-state index contributed by atoms with van der Waals surface area (Å²) in [5, 5.41) is 1.76. The third-order valence-corrected chi connectivity index (χ3v) is 5.61. The summed E-state index contributed by atoms with van der Waals surface area (Å²) in [6.45, 7) is 3.58. The summed E-state index contributed by atoms with van der Waals surface area (Å²) in [6, 6.07) is 17.8. The van der Waals surface area contributed by atoms with Crippen LogP contribution < -0.4 is 9.64 Å². The minimum atomic E-state index is 0.709. The maximum Gasteiger partial charge on any atom is 0.164 e. The smallest absolute Gasteiger partial charge is 0.164 e. The third-order valence-electron chi connectivity index (χ3n) is 4.38. The van der Waals surface area contributed by atoms with Crippen LogP contribution >= 0.6 is 23.4 Å². The van der Waals surface area contributed by atoms with Gasteiger partial charge in [-0.3, -0.25) is 9.98 Å². The van der Waals surface area contributed by atoms with Crippen LogP contribution in [0.3, 0.4) is 0 Å². The normalized spacial score (nSPS) is 13.3. The van der Waals surface area contributed by atoms with Crippen molar-refractivity contribution in [1.29, 1.82) is 0 Å². The monoisotopic (exact) mass is 409 g/mol. The van der Waals surface area contributed by atoms with Gasteiger partial charge in [0.05, 0.1) is 13.1 Å². The van der Waals surface area contributed by atoms with E-state index in [4.69, 9.17) is 16.3 Å². The maximum atomic E-state index is 6.03. The first-order chi connectivity index (χ1) is 13.7. The zero-order valence-electron chi connectivity index (χ0n) is 15.5. The molecule has 1 aliphatic rings. The van der Waals surface area contributed by atoms with E-state index in [2.05, 4.69) is 33.1 Å². The Morgan fingerprint density at radius 3 is 2.68 bits per heavy atom. The number of anilines is 1. The number of hydrogen-bond acceptors (Lipinski definition) is 5. The van der Waals surface area contributed by atoms with Gasteiger partial charge in [0.25, 0.3) is 0 Å². The number of aromatic nitrogens is 1. The molecule has 0 saturated heterocycles. The van der Waals surface area contributed by atoms with Gasteiger partial charge in [-0.2, -0.15) is 0 Å². The molecular formula is C22H20ClN3OS. The van der Waals surface area contributed by atoms with Crippen LogP contribution in [0.4, 0.5) is 5.69 Å². The predicted octanol–water partition coefficient (Wildman–Crippen LogP) is 5.95. The minimum Gasteiger partial charge on any atom is -0.457 e. The van der Waals surface area contributed by atoms with Gasteiger partial charge in [0, 0.05) is 28.9 Å². The second-order valence-electron chi connectivity index (χ2n) is 6.47. The quantitative estimate of drug-likeness (QED) is 0.522. The van der Waals surface area contributed by atoms with Crippen molar-refractivity contribution in [2.75, 3.05) is 17.2 Å². The summed E-state index contributed by atoms with van der Waals surface area (Å²) in [5.41, 5.74) is 3.23. The second kappa shape index (κ2) is 8.67. The summed E-state index contributed by atoms with van der Waals surface area (Å²) < 4.78 is 6.02. The minimum absolute atomic E-state index is 0.709. The molecule has 4 rings (SSSR count). The van der Waals surface area contributed by atoms with E-state index in [1.54, 1.807) is 18.0 Å². The van der Waals surface area contributed by atoms with E-state index in [0.29, 0.717) is 5.02 Å². The van der Waals surface area contributed by atoms with E-state index in [-0.39, 0.29) is 0 Å². The van der Waals surface area contributed by atoms with Gasteiger partial charge in [0.1, 0.15) is 11.5 Å². The first-order valence-electron chi connectivity index (χ1n) is 9.07. The Hall–Kier alpha value is -2.50. The molecule has 0 radical (unpaired) electrons. The number of thioether (sulfide) groups is 1. The number of rotatable bonds is 5. The molecule has 28 heavy (non-hydrogen) atoms. The third kappa shape index (κ3) is 4.49. The lowest BCUT2D eigenvalue weighted by atomic mass is 10.2. The Kier molecular flexibility index (Phi) is 5.84. The van der Waals surface area contributed by atoms with Crippen molar-refractivity contribution in [2.45, 2.75) is 13.5 Å². The average Bonchev–Trinajstić information content (AvgIpc) is 3.24. The van der Waals surface area contributed by atoms with Crippen LogP contribution in [-0.4, -0.2) is 22.4 Å². The molecule has 0 aliphatic carbocycles. The highest BCUT2D eigenvalue weighted by atomic mass is 35.5. The number of benzene rings is 2. The Morgan fingerprint density at radius 1 is 1.14 bits per heavy atom. The molecular weight excluding hydrogens is 390 g/mol. The standard InChI is InChI=1S/C22H20ClN3OS/c1-16-13-18(23)4-9-21(16)27-20-7-5-19(6-8-20)26(22-25-11-12-28-22)15-17-3-2-10-24-14-17/h2-10,13-14H,11-12,15H2,1H3. The summed E-state index contributed by atoms with van der Waals surface area (Å²) in [4.78, 5) is 11.1. The molecule has 0 atom stereocenters. The lowest BCUT2D eigenvalue weighted by Gasteiger charge is -2.24. The number of ether oxygens (including phenoxy) is 1. The lowest BCUT2D eigenvalue weighted by molar-refractivity contribution is 0.479. The van der Waals surface area contributed by atoms with Gasteiger partial charge in [-0.05, 0) is 66.6 Å². The molecule has 6 heteroatoms. The fraction of sp³-hybridized carbons (Fsp3) is 0.182. The molecule has 3 aromatic rings. The molecule has 0 N–H and O–H groups in total. The van der Waals surface area contributed by atoms with Crippen LogP contribution in [0.15, 0.2) is 72.0 Å². The van der Waals surface area contributed by atoms with E-state index < -0.39 is 0 Å². The Morgan fingerprint density at radius 2 is 2.00 bits per heavy atom. The summed E-state index contributed by atoms with van der Waals surface area (Å²) >= 11 is 7.81. The molecule has 0 unspecified atom stereocenters. The lowest BCUT2D eigenvalue weighted by Crippen LogP contribution is -2.27. The van der Waals surface area contributed by atoms with Crippen molar-refractivity contribution in [3.63, 3.8) is 0 Å². The number of amidine groups is 1. The number of hydrogen-bond donors (Lipinski definition) is 0. The van der Waals surface area contributed by atoms with Gasteiger partial charge in [-0.25, -0.2) is 0 Å². The highest BCUT2D eigenvalue weighted by Gasteiger charge is 2.18. The molecule has 0 spiro atoms. The number of aliphatic imine (C=N–C) groups is 1. The molecule has 2 aromatic carbocycles. The molecule has 2 heterocycles. The fourth-order valence-corrected chi connectivity index (χ4v) is 4.08. The van der Waals surface area contributed by atoms with Crippen LogP contribution in [0.5, 0.6) is 11.5 Å². The molecule has 0 amide bonds. The summed E-state index contributed by atoms with van der Waals surface area (Å²) in [7, 11) is 0. The van der Waals surface area contributed by atoms with Crippen LogP contribution in [-0.2, 0) is 6.54 Å². The number of aryl methyl sites for hydroxylation is 1. The van der Waals surface area contributed by atoms with E-state index >= 15 is 0 Å². The summed E-state index contributed by atoms with van der Waals surface area (Å²) in [6.07, 6.45) is 3.69. The molecule has 1 aliphatic heterocycles. The van der Waals surface area contributed by atoms with E-state index in [0.717, 1.165) is 52.3 Å². The molecule has 142 valence electrons. The van der Waals surface area contributed by atoms with Gasteiger partial charge < -0.3 is 9.64 Å². The highest BCUT2D eigenvalue weighted by Crippen LogP contribution is 2.30. The second-order valence-corrected chi connectivity index (χ2v) is 7.96. The van der Waals surface area contributed by atoms with E-state index in [1.807, 2.05) is 49.5 Å². The van der Waals surface area contributed by atoms with Crippen LogP contribution in [0, 0.1) is 6.92 Å². The van der Waals surface area contributed by atoms with Gasteiger partial charge in [-0.1, -0.05) is 29.4 Å². The van der Waals surface area contributed by atoms with Gasteiger partial charge in [0.2, 0.25) is 0 Å². The van der Waals surface area contributed by atoms with Crippen LogP contribution in [0.25, 0.3) is 0 Å². The van der Waals surface area contributed by atoms with Gasteiger partial charge in [0.15, 0.2) is 5.17 Å². The topological polar surface area (TPSA) is 37.7 Å². The maximum absolute atomic E-state index is 6.03. The molecule has 0 bridgehead atoms. The largest absolute Gasteiger partial charge is 0.457 e. The van der Waals surface area contributed by atoms with Crippen molar-refractivity contribution in [1.82, 2.24) is 4.98 Å². The summed E-state index contributed by atoms with van der Waals surface area (Å²) in [5.74, 6) is 2.62. The van der Waals surface area contributed by atoms with Crippen molar-refractivity contribution in [3.05, 3.63) is 83.1 Å². The van der Waals surface area contributed by atoms with Gasteiger partial charge >= 0.3 is 0 Å². The van der Waals surface area contributed by atoms with E-state index in [1.165, 1.54) is 0 Å². The first kappa shape index (κ1) is 18.8. The molecule has 4 nitrogen and oxygen atoms in total. The SMILES string of the molecule is Cc1cc(Cl)ccc1Oc1ccc(N(Cc2cccnc2)C2=NCCS2)cc1. The molecule has 1 aromatic heterocycles. The Balaban J connectivity index is 1.55. The van der Waals surface area contributed by atoms with Crippen molar-refractivity contribution >= 4 is 34.2 Å². The Bertz CT molecular complexity index is 977. The molecule has 0 saturated carbocycles. The number of pyridine rings is 1. The van der Waals surface area contributed by atoms with Gasteiger partial charge in [-0.15, -0.1) is 0 Å². The zero-order chi connectivity index (χ0) is 19.3. The molecule has 0 fully saturated rings. The van der Waals surface area contributed by atoms with Crippen LogP contribution in [0.1, 0.15) is 11.1 Å². The Labute approximate surface area is 174 Å². The van der Waals surface area contributed by atoms with Crippen LogP contribution in [0.2, 0.25) is 5.02 Å². The zero-order valence-corrected chi connectivity index (χ0v) is 17.1. The van der Waals surface area contributed by atoms with Crippen molar-refractivity contribution < 1.29 is 4.74 Å². The number of nitrogens with zero attached hydrogens (tertiary/aromatic N) is 3. The fourth-order valence-electron chi connectivity index (χ4n) is 2.98. The van der Waals surface area contributed by atoms with Crippen molar-refractivity contribution in [3.8, 4) is 11.5 Å². The first-order valence-corrected chi connectivity index (χ1v) is 10.4. The van der Waals surface area contributed by atoms with Crippen molar-refractivity contribution in [2.24, 2.45) is 4.99 Å². The average molecular weight is 410 g/mol. The highest BCUT2D eigenvalue weighted by molar-refractivity contribution is 8.14. The van der Waals surface area contributed by atoms with E-state index in [9.17, 15) is 0 Å².